The van der Waals surface area contributed by atoms with Crippen LogP contribution in [0.4, 0.5) is 17.1 Å². The average Bonchev–Trinajstić information content (AvgIpc) is 4.00. The number of thiophene rings is 1. The van der Waals surface area contributed by atoms with Crippen LogP contribution in [0.5, 0.6) is 0 Å². The van der Waals surface area contributed by atoms with Crippen molar-refractivity contribution in [3.05, 3.63) is 223 Å². The van der Waals surface area contributed by atoms with Crippen molar-refractivity contribution in [3.63, 3.8) is 0 Å². The van der Waals surface area contributed by atoms with Gasteiger partial charge in [-0.3, -0.25) is 0 Å². The van der Waals surface area contributed by atoms with Crippen LogP contribution in [0.1, 0.15) is 25.0 Å². The summed E-state index contributed by atoms with van der Waals surface area (Å²) in [5.74, 6) is 0. The van der Waals surface area contributed by atoms with Crippen LogP contribution in [0.15, 0.2) is 217 Å². The van der Waals surface area contributed by atoms with Crippen LogP contribution in [0, 0.1) is 0 Å². The molecule has 10 aromatic carbocycles. The van der Waals surface area contributed by atoms with Crippen LogP contribution in [-0.2, 0) is 5.41 Å². The van der Waals surface area contributed by atoms with Gasteiger partial charge in [-0.15, -0.1) is 11.3 Å². The highest BCUT2D eigenvalue weighted by molar-refractivity contribution is 7.25. The van der Waals surface area contributed by atoms with Crippen molar-refractivity contribution < 1.29 is 4.42 Å². The Morgan fingerprint density at radius 1 is 0.422 bits per heavy atom. The van der Waals surface area contributed by atoms with Crippen molar-refractivity contribution in [3.8, 4) is 44.5 Å². The van der Waals surface area contributed by atoms with Gasteiger partial charge in [-0.1, -0.05) is 166 Å². The van der Waals surface area contributed by atoms with Gasteiger partial charge in [-0.25, -0.2) is 0 Å². The van der Waals surface area contributed by atoms with E-state index >= 15 is 0 Å². The Labute approximate surface area is 375 Å². The third-order valence-electron chi connectivity index (χ3n) is 13.7. The molecule has 64 heavy (non-hydrogen) atoms. The van der Waals surface area contributed by atoms with Crippen molar-refractivity contribution >= 4 is 81.3 Å². The maximum atomic E-state index is 6.71. The first-order valence-electron chi connectivity index (χ1n) is 22.1. The van der Waals surface area contributed by atoms with E-state index in [1.165, 1.54) is 70.1 Å². The highest BCUT2D eigenvalue weighted by Gasteiger charge is 2.37. The molecule has 302 valence electrons. The summed E-state index contributed by atoms with van der Waals surface area (Å²) in [6.07, 6.45) is 0. The Bertz CT molecular complexity index is 3810. The molecule has 2 heterocycles. The predicted octanol–water partition coefficient (Wildman–Crippen LogP) is 17.9. The summed E-state index contributed by atoms with van der Waals surface area (Å²) in [6, 6.07) is 77.8. The highest BCUT2D eigenvalue weighted by atomic mass is 32.1. The zero-order chi connectivity index (χ0) is 42.5. The molecule has 0 spiro atoms. The fourth-order valence-corrected chi connectivity index (χ4v) is 11.8. The summed E-state index contributed by atoms with van der Waals surface area (Å²) in [4.78, 5) is 2.42. The molecule has 0 bridgehead atoms. The van der Waals surface area contributed by atoms with Crippen LogP contribution < -0.4 is 4.90 Å². The summed E-state index contributed by atoms with van der Waals surface area (Å²) >= 11 is 1.86. The van der Waals surface area contributed by atoms with Crippen molar-refractivity contribution in [2.45, 2.75) is 19.3 Å². The van der Waals surface area contributed by atoms with E-state index in [0.29, 0.717) is 0 Å². The van der Waals surface area contributed by atoms with Gasteiger partial charge in [-0.2, -0.15) is 0 Å². The Balaban J connectivity index is 0.969. The van der Waals surface area contributed by atoms with E-state index in [0.717, 1.165) is 55.5 Å². The highest BCUT2D eigenvalue weighted by Crippen LogP contribution is 2.53. The molecule has 1 aliphatic carbocycles. The quantitative estimate of drug-likeness (QED) is 0.166. The third-order valence-corrected chi connectivity index (χ3v) is 14.8. The molecular formula is C61H41NOS. The molecule has 2 nitrogen and oxygen atoms in total. The van der Waals surface area contributed by atoms with Gasteiger partial charge in [0.15, 0.2) is 0 Å². The van der Waals surface area contributed by atoms with Gasteiger partial charge in [0.25, 0.3) is 0 Å². The molecule has 0 saturated heterocycles. The van der Waals surface area contributed by atoms with Crippen molar-refractivity contribution in [1.82, 2.24) is 0 Å². The van der Waals surface area contributed by atoms with E-state index in [2.05, 4.69) is 231 Å². The number of para-hydroxylation sites is 1. The van der Waals surface area contributed by atoms with Gasteiger partial charge < -0.3 is 9.32 Å². The number of hydrogen-bond donors (Lipinski definition) is 0. The minimum atomic E-state index is -0.112. The predicted molar refractivity (Wildman–Crippen MR) is 273 cm³/mol. The zero-order valence-electron chi connectivity index (χ0n) is 35.5. The Kier molecular flexibility index (Phi) is 8.16. The zero-order valence-corrected chi connectivity index (χ0v) is 36.3. The normalized spacial score (nSPS) is 13.0. The van der Waals surface area contributed by atoms with Gasteiger partial charge >= 0.3 is 0 Å². The molecular weight excluding hydrogens is 795 g/mol. The van der Waals surface area contributed by atoms with Crippen LogP contribution in [0.3, 0.4) is 0 Å². The smallest absolute Gasteiger partial charge is 0.143 e. The lowest BCUT2D eigenvalue weighted by molar-refractivity contribution is 0.662. The van der Waals surface area contributed by atoms with E-state index in [9.17, 15) is 0 Å². The van der Waals surface area contributed by atoms with E-state index in [1.807, 2.05) is 11.3 Å². The van der Waals surface area contributed by atoms with Gasteiger partial charge in [0.05, 0.1) is 5.69 Å². The lowest BCUT2D eigenvalue weighted by atomic mass is 9.79. The molecule has 0 radical (unpaired) electrons. The van der Waals surface area contributed by atoms with Gasteiger partial charge in [-0.05, 0) is 116 Å². The molecule has 0 atom stereocenters. The largest absolute Gasteiger partial charge is 0.455 e. The Hall–Kier alpha value is -7.72. The standard InChI is InChI=1S/C61H41NOS/c1-61(2)53-21-8-5-15-46(53)50-20-11-18-44(59(50)61)40-27-33-43(34-28-40)62(42-31-25-38(26-32-42)41-30-36-57-52(37-41)48-17-7-10-24-56(48)64-57)54-22-9-6-16-47(54)49-19-12-23-55-58(49)51-35-29-39-13-3-4-14-45(39)60(51)63-55/h3-37H,1-2H3. The molecule has 1 aliphatic rings. The third kappa shape index (κ3) is 5.57. The Morgan fingerprint density at radius 3 is 1.89 bits per heavy atom. The van der Waals surface area contributed by atoms with Crippen LogP contribution in [-0.4, -0.2) is 0 Å². The number of rotatable bonds is 6. The first kappa shape index (κ1) is 36.9. The fourth-order valence-electron chi connectivity index (χ4n) is 10.7. The van der Waals surface area contributed by atoms with Crippen molar-refractivity contribution in [2.75, 3.05) is 4.90 Å². The molecule has 2 aromatic heterocycles. The second-order valence-electron chi connectivity index (χ2n) is 17.6. The first-order valence-corrected chi connectivity index (χ1v) is 22.9. The maximum Gasteiger partial charge on any atom is 0.143 e. The van der Waals surface area contributed by atoms with E-state index in [-0.39, 0.29) is 5.41 Å². The minimum absolute atomic E-state index is 0.112. The SMILES string of the molecule is CC1(C)c2ccccc2-c2cccc(-c3ccc(N(c4ccc(-c5ccc6sc7ccccc7c6c5)cc4)c4ccccc4-c4cccc5oc6c7ccccc7ccc6c45)cc3)c21. The van der Waals surface area contributed by atoms with Gasteiger partial charge in [0.1, 0.15) is 11.2 Å². The summed E-state index contributed by atoms with van der Waals surface area (Å²) in [6.45, 7) is 4.73. The molecule has 12 aromatic rings. The molecule has 0 aliphatic heterocycles. The lowest BCUT2D eigenvalue weighted by Crippen LogP contribution is -2.16. The Morgan fingerprint density at radius 2 is 1.05 bits per heavy atom. The molecule has 3 heteroatoms. The molecule has 0 saturated carbocycles. The van der Waals surface area contributed by atoms with Crippen LogP contribution >= 0.6 is 11.3 Å². The van der Waals surface area contributed by atoms with Crippen molar-refractivity contribution in [1.29, 1.82) is 0 Å². The number of hydrogen-bond acceptors (Lipinski definition) is 3. The number of benzene rings is 10. The lowest BCUT2D eigenvalue weighted by Gasteiger charge is -2.29. The van der Waals surface area contributed by atoms with Crippen LogP contribution in [0.2, 0.25) is 0 Å². The summed E-state index contributed by atoms with van der Waals surface area (Å²) in [7, 11) is 0. The molecule has 0 amide bonds. The molecule has 0 N–H and O–H groups in total. The summed E-state index contributed by atoms with van der Waals surface area (Å²) < 4.78 is 9.34. The number of anilines is 3. The van der Waals surface area contributed by atoms with Crippen LogP contribution in [0.25, 0.3) is 97.4 Å². The maximum absolute atomic E-state index is 6.71. The first-order chi connectivity index (χ1) is 31.5. The molecule has 13 rings (SSSR count). The summed E-state index contributed by atoms with van der Waals surface area (Å²) in [5, 5.41) is 7.16. The number of furan rings is 1. The second-order valence-corrected chi connectivity index (χ2v) is 18.7. The van der Waals surface area contributed by atoms with E-state index < -0.39 is 0 Å². The second kappa shape index (κ2) is 14.2. The number of fused-ring (bicyclic) bond motifs is 11. The van der Waals surface area contributed by atoms with Crippen molar-refractivity contribution in [2.24, 2.45) is 0 Å². The molecule has 0 fully saturated rings. The van der Waals surface area contributed by atoms with Gasteiger partial charge in [0.2, 0.25) is 0 Å². The summed E-state index contributed by atoms with van der Waals surface area (Å²) in [5.41, 5.74) is 17.6. The minimum Gasteiger partial charge on any atom is -0.455 e. The monoisotopic (exact) mass is 835 g/mol. The molecule has 0 unspecified atom stereocenters. The topological polar surface area (TPSA) is 16.4 Å². The fraction of sp³-hybridized carbons (Fsp3) is 0.0492. The number of nitrogens with zero attached hydrogens (tertiary/aromatic N) is 1. The average molecular weight is 836 g/mol. The van der Waals surface area contributed by atoms with E-state index in [4.69, 9.17) is 4.42 Å². The van der Waals surface area contributed by atoms with E-state index in [1.54, 1.807) is 0 Å². The van der Waals surface area contributed by atoms with Gasteiger partial charge in [0, 0.05) is 58.7 Å².